The van der Waals surface area contributed by atoms with E-state index in [2.05, 4.69) is 32.2 Å². The van der Waals surface area contributed by atoms with E-state index in [-0.39, 0.29) is 27.5 Å². The molecule has 0 saturated carbocycles. The van der Waals surface area contributed by atoms with Crippen LogP contribution in [0.5, 0.6) is 0 Å². The molecule has 12 heavy (non-hydrogen) atoms. The van der Waals surface area contributed by atoms with Crippen molar-refractivity contribution in [2.45, 2.75) is 0 Å². The zero-order chi connectivity index (χ0) is 8.81. The molecule has 0 unspecified atom stereocenters. The van der Waals surface area contributed by atoms with Crippen molar-refractivity contribution in [3.8, 4) is 0 Å². The molecule has 1 aromatic rings. The molecule has 0 amide bonds. The maximum absolute atomic E-state index is 8.72. The predicted octanol–water partition coefficient (Wildman–Crippen LogP) is 1.24. The molecule has 0 fully saturated rings. The Balaban J connectivity index is 2.54. The van der Waals surface area contributed by atoms with E-state index in [4.69, 9.17) is 5.11 Å². The first-order chi connectivity index (χ1) is 5.83. The molecule has 1 N–H and O–H groups in total. The average Bonchev–Trinajstić information content (AvgIpc) is 2.16. The van der Waals surface area contributed by atoms with Gasteiger partial charge in [-0.2, -0.15) is 0 Å². The summed E-state index contributed by atoms with van der Waals surface area (Å²) < 4.78 is 4.38. The van der Waals surface area contributed by atoms with Gasteiger partial charge in [0.2, 0.25) is 0 Å². The standard InChI is InChI=1S/C9H9BrOTe/c10-8(6-11)7-12-9-4-2-1-3-5-9/h1-5,7,11H,6H2/b8-7-. The number of halogens is 1. The van der Waals surface area contributed by atoms with Crippen molar-refractivity contribution in [3.63, 3.8) is 0 Å². The van der Waals surface area contributed by atoms with Gasteiger partial charge in [-0.05, 0) is 0 Å². The molecule has 3 heteroatoms. The van der Waals surface area contributed by atoms with Crippen LogP contribution in [0.15, 0.2) is 38.9 Å². The van der Waals surface area contributed by atoms with Gasteiger partial charge in [0.05, 0.1) is 0 Å². The summed E-state index contributed by atoms with van der Waals surface area (Å²) in [7, 11) is 0. The summed E-state index contributed by atoms with van der Waals surface area (Å²) in [6, 6.07) is 10.3. The van der Waals surface area contributed by atoms with Crippen LogP contribution in [0.25, 0.3) is 0 Å². The quantitative estimate of drug-likeness (QED) is 0.821. The fourth-order valence-corrected chi connectivity index (χ4v) is 3.16. The fourth-order valence-electron chi connectivity index (χ4n) is 0.668. The monoisotopic (exact) mass is 342 g/mol. The van der Waals surface area contributed by atoms with Gasteiger partial charge < -0.3 is 0 Å². The predicted molar refractivity (Wildman–Crippen MR) is 55.9 cm³/mol. The summed E-state index contributed by atoms with van der Waals surface area (Å²) in [5, 5.41) is 8.72. The van der Waals surface area contributed by atoms with E-state index in [1.807, 2.05) is 18.2 Å². The molecule has 0 heterocycles. The molecule has 0 aliphatic carbocycles. The number of aliphatic hydroxyl groups is 1. The van der Waals surface area contributed by atoms with Gasteiger partial charge >= 0.3 is 91.1 Å². The molecule has 0 aromatic heterocycles. The van der Waals surface area contributed by atoms with Crippen LogP contribution < -0.4 is 3.61 Å². The second-order valence-electron chi connectivity index (χ2n) is 2.15. The summed E-state index contributed by atoms with van der Waals surface area (Å²) in [6.07, 6.45) is 0. The van der Waals surface area contributed by atoms with Crippen molar-refractivity contribution in [3.05, 3.63) is 38.9 Å². The molecule has 0 radical (unpaired) electrons. The third-order valence-electron chi connectivity index (χ3n) is 1.22. The minimum atomic E-state index is -0.262. The van der Waals surface area contributed by atoms with Crippen LogP contribution in [-0.4, -0.2) is 32.6 Å². The molecule has 0 bridgehead atoms. The van der Waals surface area contributed by atoms with Crippen molar-refractivity contribution < 1.29 is 5.11 Å². The minimum absolute atomic E-state index is 0.109. The summed E-state index contributed by atoms with van der Waals surface area (Å²) in [5.74, 6) is 0. The SMILES string of the molecule is OC/C(Br)=C/[Te]c1ccccc1. The Hall–Kier alpha value is 0.190. The molecule has 1 aromatic carbocycles. The van der Waals surface area contributed by atoms with E-state index >= 15 is 0 Å². The van der Waals surface area contributed by atoms with Gasteiger partial charge in [-0.15, -0.1) is 0 Å². The molecule has 0 aliphatic rings. The molecular weight excluding hydrogens is 332 g/mol. The average molecular weight is 341 g/mol. The summed E-state index contributed by atoms with van der Waals surface area (Å²) >= 11 is 3.02. The first-order valence-electron chi connectivity index (χ1n) is 3.50. The first-order valence-corrected chi connectivity index (χ1v) is 6.80. The number of aliphatic hydroxyl groups excluding tert-OH is 1. The van der Waals surface area contributed by atoms with Crippen LogP contribution in [0.4, 0.5) is 0 Å². The van der Waals surface area contributed by atoms with Crippen LogP contribution in [0, 0.1) is 0 Å². The fraction of sp³-hybridized carbons (Fsp3) is 0.111. The molecule has 0 saturated heterocycles. The van der Waals surface area contributed by atoms with E-state index in [9.17, 15) is 0 Å². The Morgan fingerprint density at radius 1 is 1.42 bits per heavy atom. The topological polar surface area (TPSA) is 20.2 Å². The molecule has 1 nitrogen and oxygen atoms in total. The molecule has 1 rings (SSSR count). The van der Waals surface area contributed by atoms with E-state index in [1.165, 1.54) is 3.61 Å². The van der Waals surface area contributed by atoms with Crippen molar-refractivity contribution in [1.82, 2.24) is 0 Å². The molecule has 0 spiro atoms. The van der Waals surface area contributed by atoms with E-state index < -0.39 is 0 Å². The molecule has 0 aliphatic heterocycles. The van der Waals surface area contributed by atoms with Crippen molar-refractivity contribution in [2.24, 2.45) is 0 Å². The Morgan fingerprint density at radius 2 is 2.08 bits per heavy atom. The van der Waals surface area contributed by atoms with Crippen LogP contribution in [-0.2, 0) is 0 Å². The van der Waals surface area contributed by atoms with Crippen LogP contribution in [0.2, 0.25) is 0 Å². The number of rotatable bonds is 3. The number of benzene rings is 1. The zero-order valence-electron chi connectivity index (χ0n) is 6.40. The van der Waals surface area contributed by atoms with Crippen molar-refractivity contribution in [1.29, 1.82) is 0 Å². The molecule has 64 valence electrons. The third kappa shape index (κ3) is 3.73. The summed E-state index contributed by atoms with van der Waals surface area (Å²) in [4.78, 5) is 0. The first kappa shape index (κ1) is 10.3. The third-order valence-corrected chi connectivity index (χ3v) is 5.34. The van der Waals surface area contributed by atoms with Gasteiger partial charge in [0, 0.05) is 0 Å². The van der Waals surface area contributed by atoms with Crippen molar-refractivity contribution >= 4 is 40.5 Å². The van der Waals surface area contributed by atoms with E-state index in [0.717, 1.165) is 4.48 Å². The second kappa shape index (κ2) is 5.77. The Kier molecular flexibility index (Phi) is 4.94. The van der Waals surface area contributed by atoms with Gasteiger partial charge in [-0.25, -0.2) is 0 Å². The van der Waals surface area contributed by atoms with Gasteiger partial charge in [0.1, 0.15) is 0 Å². The zero-order valence-corrected chi connectivity index (χ0v) is 10.3. The van der Waals surface area contributed by atoms with E-state index in [0.29, 0.717) is 0 Å². The molecular formula is C9H9BrOTe. The second-order valence-corrected chi connectivity index (χ2v) is 5.86. The molecule has 0 atom stereocenters. The maximum atomic E-state index is 8.72. The van der Waals surface area contributed by atoms with Gasteiger partial charge in [0.25, 0.3) is 0 Å². The van der Waals surface area contributed by atoms with Gasteiger partial charge in [-0.1, -0.05) is 0 Å². The van der Waals surface area contributed by atoms with Crippen molar-refractivity contribution in [2.75, 3.05) is 6.61 Å². The van der Waals surface area contributed by atoms with Crippen LogP contribution >= 0.6 is 15.9 Å². The van der Waals surface area contributed by atoms with Gasteiger partial charge in [-0.3, -0.25) is 0 Å². The summed E-state index contributed by atoms with van der Waals surface area (Å²) in [6.45, 7) is 0.109. The van der Waals surface area contributed by atoms with E-state index in [1.54, 1.807) is 0 Å². The van der Waals surface area contributed by atoms with Crippen LogP contribution in [0.1, 0.15) is 0 Å². The van der Waals surface area contributed by atoms with Crippen LogP contribution in [0.3, 0.4) is 0 Å². The Labute approximate surface area is 90.7 Å². The normalized spacial score (nSPS) is 11.7. The number of hydrogen-bond donors (Lipinski definition) is 1. The Bertz CT molecular complexity index is 258. The Morgan fingerprint density at radius 3 is 2.67 bits per heavy atom. The van der Waals surface area contributed by atoms with Gasteiger partial charge in [0.15, 0.2) is 0 Å². The number of hydrogen-bond acceptors (Lipinski definition) is 1. The summed E-state index contributed by atoms with van der Waals surface area (Å²) in [5.41, 5.74) is 0.